The van der Waals surface area contributed by atoms with Gasteiger partial charge in [-0.3, -0.25) is 9.78 Å². The minimum absolute atomic E-state index is 0.143. The third-order valence-corrected chi connectivity index (χ3v) is 3.58. The molecule has 2 rings (SSSR count). The summed E-state index contributed by atoms with van der Waals surface area (Å²) in [5.74, 6) is 0.498. The Morgan fingerprint density at radius 1 is 1.44 bits per heavy atom. The number of hydrogen-bond acceptors (Lipinski definition) is 2. The monoisotopic (exact) mass is 246 g/mol. The van der Waals surface area contributed by atoms with Gasteiger partial charge in [-0.25, -0.2) is 0 Å². The first kappa shape index (κ1) is 13.1. The highest BCUT2D eigenvalue weighted by Gasteiger charge is 2.32. The summed E-state index contributed by atoms with van der Waals surface area (Å²) in [6, 6.07) is 3.75. The zero-order valence-corrected chi connectivity index (χ0v) is 11.7. The average molecular weight is 246 g/mol. The van der Waals surface area contributed by atoms with Gasteiger partial charge in [0.2, 0.25) is 0 Å². The highest BCUT2D eigenvalue weighted by Crippen LogP contribution is 2.29. The maximum Gasteiger partial charge on any atom is 0.253 e. The van der Waals surface area contributed by atoms with E-state index in [0.29, 0.717) is 5.92 Å². The van der Waals surface area contributed by atoms with Gasteiger partial charge in [-0.05, 0) is 29.9 Å². The van der Waals surface area contributed by atoms with Crippen LogP contribution in [0.1, 0.15) is 56.1 Å². The van der Waals surface area contributed by atoms with Gasteiger partial charge in [-0.1, -0.05) is 27.7 Å². The van der Waals surface area contributed by atoms with Crippen molar-refractivity contribution in [1.29, 1.82) is 0 Å². The Morgan fingerprint density at radius 3 is 2.72 bits per heavy atom. The molecule has 0 unspecified atom stereocenters. The predicted octanol–water partition coefficient (Wildman–Crippen LogP) is 3.08. The molecule has 0 spiro atoms. The van der Waals surface area contributed by atoms with Crippen LogP contribution in [0.2, 0.25) is 0 Å². The summed E-state index contributed by atoms with van der Waals surface area (Å²) in [7, 11) is 0. The molecule has 1 aromatic heterocycles. The van der Waals surface area contributed by atoms with Crippen LogP contribution in [0.5, 0.6) is 0 Å². The number of aromatic nitrogens is 1. The van der Waals surface area contributed by atoms with E-state index in [1.54, 1.807) is 6.20 Å². The highest BCUT2D eigenvalue weighted by molar-refractivity contribution is 5.94. The van der Waals surface area contributed by atoms with Gasteiger partial charge in [-0.15, -0.1) is 0 Å². The van der Waals surface area contributed by atoms with E-state index in [1.807, 2.05) is 17.0 Å². The van der Waals surface area contributed by atoms with Crippen molar-refractivity contribution in [2.45, 2.75) is 40.0 Å². The van der Waals surface area contributed by atoms with Crippen LogP contribution in [0, 0.1) is 5.41 Å². The number of likely N-dealkylation sites (tertiary alicyclic amines) is 1. The largest absolute Gasteiger partial charge is 0.338 e. The maximum absolute atomic E-state index is 12.4. The molecule has 1 aliphatic heterocycles. The van der Waals surface area contributed by atoms with Gasteiger partial charge in [0.15, 0.2) is 0 Å². The molecule has 1 aliphatic rings. The molecule has 0 N–H and O–H groups in total. The lowest BCUT2D eigenvalue weighted by Gasteiger charge is -2.20. The van der Waals surface area contributed by atoms with Crippen molar-refractivity contribution >= 4 is 5.91 Å². The van der Waals surface area contributed by atoms with Crippen molar-refractivity contribution in [2.75, 3.05) is 13.1 Å². The van der Waals surface area contributed by atoms with Crippen LogP contribution in [-0.4, -0.2) is 28.9 Å². The lowest BCUT2D eigenvalue weighted by molar-refractivity contribution is 0.0778. The van der Waals surface area contributed by atoms with Crippen LogP contribution in [-0.2, 0) is 0 Å². The second-order valence-corrected chi connectivity index (χ2v) is 6.27. The zero-order valence-electron chi connectivity index (χ0n) is 11.7. The van der Waals surface area contributed by atoms with Crippen molar-refractivity contribution < 1.29 is 4.79 Å². The van der Waals surface area contributed by atoms with Crippen LogP contribution in [0.25, 0.3) is 0 Å². The Morgan fingerprint density at radius 2 is 2.17 bits per heavy atom. The van der Waals surface area contributed by atoms with Crippen molar-refractivity contribution in [3.05, 3.63) is 29.6 Å². The summed E-state index contributed by atoms with van der Waals surface area (Å²) in [5.41, 5.74) is 2.01. The molecular weight excluding hydrogens is 224 g/mol. The van der Waals surface area contributed by atoms with Crippen LogP contribution in [0.4, 0.5) is 0 Å². The number of rotatable bonds is 2. The normalized spacial score (nSPS) is 18.4. The van der Waals surface area contributed by atoms with E-state index in [1.165, 1.54) is 0 Å². The Bertz CT molecular complexity index is 452. The maximum atomic E-state index is 12.4. The summed E-state index contributed by atoms with van der Waals surface area (Å²) in [5, 5.41) is 0. The fourth-order valence-electron chi connectivity index (χ4n) is 2.37. The molecule has 2 heterocycles. The lowest BCUT2D eigenvalue weighted by atomic mass is 9.93. The number of hydrogen-bond donors (Lipinski definition) is 0. The van der Waals surface area contributed by atoms with Gasteiger partial charge >= 0.3 is 0 Å². The summed E-state index contributed by atoms with van der Waals surface area (Å²) >= 11 is 0. The van der Waals surface area contributed by atoms with Crippen molar-refractivity contribution in [3.8, 4) is 0 Å². The molecule has 0 atom stereocenters. The fourth-order valence-corrected chi connectivity index (χ4v) is 2.37. The molecule has 18 heavy (non-hydrogen) atoms. The number of carbonyl (C=O) groups is 1. The van der Waals surface area contributed by atoms with Gasteiger partial charge in [0.25, 0.3) is 5.91 Å². The van der Waals surface area contributed by atoms with E-state index < -0.39 is 0 Å². The van der Waals surface area contributed by atoms with Crippen LogP contribution in [0.15, 0.2) is 18.3 Å². The zero-order chi connectivity index (χ0) is 13.3. The third-order valence-electron chi connectivity index (χ3n) is 3.58. The molecule has 1 saturated heterocycles. The smallest absolute Gasteiger partial charge is 0.253 e. The molecule has 0 aliphatic carbocycles. The molecule has 0 saturated carbocycles. The Hall–Kier alpha value is -1.38. The van der Waals surface area contributed by atoms with Gasteiger partial charge in [0.05, 0.1) is 0 Å². The summed E-state index contributed by atoms with van der Waals surface area (Å²) in [4.78, 5) is 18.7. The van der Waals surface area contributed by atoms with Crippen LogP contribution >= 0.6 is 0 Å². The first-order chi connectivity index (χ1) is 8.39. The van der Waals surface area contributed by atoms with Crippen LogP contribution in [0.3, 0.4) is 0 Å². The SMILES string of the molecule is CC(C)c1cc(C(=O)N2CCC(C)(C)C2)ccn1. The number of carbonyl (C=O) groups excluding carboxylic acids is 1. The Kier molecular flexibility index (Phi) is 3.42. The van der Waals surface area contributed by atoms with Crippen LogP contribution < -0.4 is 0 Å². The predicted molar refractivity (Wildman–Crippen MR) is 72.6 cm³/mol. The topological polar surface area (TPSA) is 33.2 Å². The molecule has 1 amide bonds. The summed E-state index contributed by atoms with van der Waals surface area (Å²) < 4.78 is 0. The molecular formula is C15H22N2O. The van der Waals surface area contributed by atoms with E-state index in [-0.39, 0.29) is 11.3 Å². The summed E-state index contributed by atoms with van der Waals surface area (Å²) in [6.07, 6.45) is 2.82. The Labute approximate surface area is 109 Å². The Balaban J connectivity index is 2.17. The highest BCUT2D eigenvalue weighted by atomic mass is 16.2. The van der Waals surface area contributed by atoms with Gasteiger partial charge in [0, 0.05) is 30.5 Å². The van der Waals surface area contributed by atoms with Gasteiger partial charge in [0.1, 0.15) is 0 Å². The first-order valence-electron chi connectivity index (χ1n) is 6.64. The quantitative estimate of drug-likeness (QED) is 0.803. The molecule has 3 nitrogen and oxygen atoms in total. The molecule has 1 aromatic rings. The minimum atomic E-state index is 0.143. The second kappa shape index (κ2) is 4.71. The third kappa shape index (κ3) is 2.71. The van der Waals surface area contributed by atoms with E-state index in [4.69, 9.17) is 0 Å². The van der Waals surface area contributed by atoms with E-state index in [2.05, 4.69) is 32.7 Å². The molecule has 3 heteroatoms. The van der Waals surface area contributed by atoms with Crippen molar-refractivity contribution in [1.82, 2.24) is 9.88 Å². The molecule has 98 valence electrons. The molecule has 0 bridgehead atoms. The van der Waals surface area contributed by atoms with Crippen molar-refractivity contribution in [2.24, 2.45) is 5.41 Å². The molecule has 0 radical (unpaired) electrons. The molecule has 1 fully saturated rings. The fraction of sp³-hybridized carbons (Fsp3) is 0.600. The number of pyridine rings is 1. The van der Waals surface area contributed by atoms with Crippen molar-refractivity contribution in [3.63, 3.8) is 0 Å². The van der Waals surface area contributed by atoms with E-state index in [9.17, 15) is 4.79 Å². The molecule has 0 aromatic carbocycles. The minimum Gasteiger partial charge on any atom is -0.338 e. The first-order valence-corrected chi connectivity index (χ1v) is 6.64. The number of amides is 1. The average Bonchev–Trinajstić information content (AvgIpc) is 2.69. The lowest BCUT2D eigenvalue weighted by Crippen LogP contribution is -2.30. The standard InChI is InChI=1S/C15H22N2O/c1-11(2)13-9-12(5-7-16-13)14(18)17-8-6-15(3,4)10-17/h5,7,9,11H,6,8,10H2,1-4H3. The van der Waals surface area contributed by atoms with E-state index >= 15 is 0 Å². The van der Waals surface area contributed by atoms with E-state index in [0.717, 1.165) is 30.8 Å². The number of nitrogens with zero attached hydrogens (tertiary/aromatic N) is 2. The second-order valence-electron chi connectivity index (χ2n) is 6.27. The van der Waals surface area contributed by atoms with Gasteiger partial charge in [-0.2, -0.15) is 0 Å². The van der Waals surface area contributed by atoms with Gasteiger partial charge < -0.3 is 4.90 Å². The summed E-state index contributed by atoms with van der Waals surface area (Å²) in [6.45, 7) is 10.3.